The first-order chi connectivity index (χ1) is 4.84. The SMILES string of the molecule is CI=CC(N)C1CC[I-]N1. The van der Waals surface area contributed by atoms with Gasteiger partial charge in [-0.25, -0.2) is 0 Å². The van der Waals surface area contributed by atoms with Crippen molar-refractivity contribution in [2.75, 3.05) is 9.36 Å². The molecular weight excluding hydrogens is 354 g/mol. The summed E-state index contributed by atoms with van der Waals surface area (Å²) in [4.78, 5) is 2.25. The molecule has 1 saturated heterocycles. The minimum atomic E-state index is 0.271. The first kappa shape index (κ1) is 9.34. The molecular formula is C6H13I2N2-. The van der Waals surface area contributed by atoms with Crippen LogP contribution in [0.15, 0.2) is 0 Å². The van der Waals surface area contributed by atoms with Crippen molar-refractivity contribution < 1.29 is 21.5 Å². The number of alkyl halides is 2. The van der Waals surface area contributed by atoms with E-state index in [1.54, 1.807) is 0 Å². The summed E-state index contributed by atoms with van der Waals surface area (Å²) in [5.41, 5.74) is 5.92. The van der Waals surface area contributed by atoms with Crippen molar-refractivity contribution in [2.24, 2.45) is 5.73 Å². The number of hydrogen-bond acceptors (Lipinski definition) is 2. The first-order valence-electron chi connectivity index (χ1n) is 3.25. The van der Waals surface area contributed by atoms with Crippen LogP contribution < -0.4 is 30.7 Å². The van der Waals surface area contributed by atoms with E-state index >= 15 is 0 Å². The zero-order valence-electron chi connectivity index (χ0n) is 5.98. The molecule has 0 aliphatic carbocycles. The molecule has 1 fully saturated rings. The summed E-state index contributed by atoms with van der Waals surface area (Å²) in [6.45, 7) is 0. The second-order valence-corrected chi connectivity index (χ2v) is 6.68. The van der Waals surface area contributed by atoms with Crippen molar-refractivity contribution >= 4 is 24.7 Å². The van der Waals surface area contributed by atoms with Crippen molar-refractivity contribution in [3.8, 4) is 0 Å². The van der Waals surface area contributed by atoms with Crippen molar-refractivity contribution in [2.45, 2.75) is 18.5 Å². The van der Waals surface area contributed by atoms with Crippen LogP contribution in [0.1, 0.15) is 6.42 Å². The Labute approximate surface area is 82.7 Å². The summed E-state index contributed by atoms with van der Waals surface area (Å²) >= 11 is 0.591. The van der Waals surface area contributed by atoms with Crippen molar-refractivity contribution in [3.05, 3.63) is 0 Å². The van der Waals surface area contributed by atoms with Crippen LogP contribution >= 0.6 is 20.7 Å². The molecule has 1 aliphatic rings. The van der Waals surface area contributed by atoms with Crippen LogP contribution in [0, 0.1) is 0 Å². The van der Waals surface area contributed by atoms with E-state index in [0.717, 1.165) is 0 Å². The molecule has 1 aliphatic heterocycles. The van der Waals surface area contributed by atoms with Crippen LogP contribution in [0.4, 0.5) is 0 Å². The van der Waals surface area contributed by atoms with Gasteiger partial charge in [-0.3, -0.25) is 0 Å². The number of halogens is 2. The molecule has 62 valence electrons. The number of rotatable bonds is 2. The van der Waals surface area contributed by atoms with E-state index in [2.05, 4.69) is 12.5 Å². The number of nitrogens with two attached hydrogens (primary N) is 1. The van der Waals surface area contributed by atoms with Gasteiger partial charge in [-0.2, -0.15) is 0 Å². The molecule has 0 aromatic carbocycles. The van der Waals surface area contributed by atoms with E-state index in [1.165, 1.54) is 10.8 Å². The fourth-order valence-corrected chi connectivity index (χ4v) is 4.80. The second-order valence-electron chi connectivity index (χ2n) is 2.25. The maximum absolute atomic E-state index is 5.92. The van der Waals surface area contributed by atoms with E-state index in [9.17, 15) is 0 Å². The first-order valence-corrected chi connectivity index (χ1v) is 9.26. The van der Waals surface area contributed by atoms with Gasteiger partial charge in [0.25, 0.3) is 0 Å². The van der Waals surface area contributed by atoms with Gasteiger partial charge in [0.2, 0.25) is 0 Å². The Kier molecular flexibility index (Phi) is 4.67. The third kappa shape index (κ3) is 2.71. The molecule has 0 radical (unpaired) electrons. The van der Waals surface area contributed by atoms with Crippen molar-refractivity contribution in [1.29, 1.82) is 0 Å². The summed E-state index contributed by atoms with van der Waals surface area (Å²) in [5.74, 6) is 0. The maximum atomic E-state index is 5.92. The summed E-state index contributed by atoms with van der Waals surface area (Å²) in [7, 11) is 0. The molecule has 0 spiro atoms. The van der Waals surface area contributed by atoms with E-state index in [-0.39, 0.29) is 20.7 Å². The fourth-order valence-electron chi connectivity index (χ4n) is 0.879. The van der Waals surface area contributed by atoms with E-state index in [0.29, 0.717) is 33.6 Å². The summed E-state index contributed by atoms with van der Waals surface area (Å²) in [6.07, 6.45) is 1.31. The molecule has 10 heavy (non-hydrogen) atoms. The molecule has 0 bridgehead atoms. The third-order valence-corrected chi connectivity index (χ3v) is 5.42. The van der Waals surface area contributed by atoms with Gasteiger partial charge in [-0.05, 0) is 0 Å². The normalized spacial score (nSPS) is 31.2. The number of hydrogen-bond donors (Lipinski definition) is 2. The van der Waals surface area contributed by atoms with Gasteiger partial charge >= 0.3 is 83.3 Å². The Morgan fingerprint density at radius 2 is 2.70 bits per heavy atom. The van der Waals surface area contributed by atoms with E-state index in [1.807, 2.05) is 0 Å². The van der Waals surface area contributed by atoms with Gasteiger partial charge in [-0.1, -0.05) is 0 Å². The third-order valence-electron chi connectivity index (χ3n) is 1.47. The molecule has 1 heterocycles. The van der Waals surface area contributed by atoms with E-state index in [4.69, 9.17) is 5.73 Å². The average molecular weight is 367 g/mol. The molecule has 0 saturated carbocycles. The zero-order valence-corrected chi connectivity index (χ0v) is 10.3. The summed E-state index contributed by atoms with van der Waals surface area (Å²) < 4.78 is 7.23. The van der Waals surface area contributed by atoms with Gasteiger partial charge < -0.3 is 0 Å². The fraction of sp³-hybridized carbons (Fsp3) is 0.833. The van der Waals surface area contributed by atoms with Crippen LogP contribution in [0.5, 0.6) is 0 Å². The van der Waals surface area contributed by atoms with Crippen LogP contribution in [-0.2, 0) is 0 Å². The van der Waals surface area contributed by atoms with Gasteiger partial charge in [0.05, 0.1) is 0 Å². The Bertz CT molecular complexity index is 121. The van der Waals surface area contributed by atoms with Gasteiger partial charge in [0.15, 0.2) is 0 Å². The Hall–Kier alpha value is 1.25. The Morgan fingerprint density at radius 3 is 3.20 bits per heavy atom. The molecule has 1 rings (SSSR count). The predicted molar refractivity (Wildman–Crippen MR) is 50.4 cm³/mol. The van der Waals surface area contributed by atoms with Crippen molar-refractivity contribution in [1.82, 2.24) is 3.53 Å². The van der Waals surface area contributed by atoms with Crippen LogP contribution in [0.3, 0.4) is 0 Å². The molecule has 4 heteroatoms. The summed E-state index contributed by atoms with van der Waals surface area (Å²) in [6, 6.07) is 0.979. The molecule has 3 N–H and O–H groups in total. The topological polar surface area (TPSA) is 38.0 Å². The van der Waals surface area contributed by atoms with Crippen molar-refractivity contribution in [3.63, 3.8) is 0 Å². The second kappa shape index (κ2) is 5.00. The van der Waals surface area contributed by atoms with Gasteiger partial charge in [0.1, 0.15) is 0 Å². The monoisotopic (exact) mass is 367 g/mol. The predicted octanol–water partition coefficient (Wildman–Crippen LogP) is -2.92. The van der Waals surface area contributed by atoms with Crippen LogP contribution in [0.2, 0.25) is 0 Å². The Balaban J connectivity index is 2.32. The quantitative estimate of drug-likeness (QED) is 0.312. The molecule has 0 aromatic heterocycles. The number of nitrogens with one attached hydrogen (secondary N) is 1. The van der Waals surface area contributed by atoms with E-state index < -0.39 is 0 Å². The molecule has 2 atom stereocenters. The minimum absolute atomic E-state index is 0.271. The Morgan fingerprint density at radius 1 is 1.90 bits per heavy atom. The molecule has 0 aromatic rings. The molecule has 2 unspecified atom stereocenters. The average Bonchev–Trinajstić information content (AvgIpc) is 2.38. The molecule has 2 nitrogen and oxygen atoms in total. The van der Waals surface area contributed by atoms with Crippen LogP contribution in [-0.4, -0.2) is 25.5 Å². The van der Waals surface area contributed by atoms with Crippen LogP contribution in [0.25, 0.3) is 0 Å². The standard InChI is InChI=1S/C6H13I2N2/c1-7-4-5(9)6-2-3-8-10-6/h4-6,10H,2-3,9H2,1H3/q-1. The van der Waals surface area contributed by atoms with Gasteiger partial charge in [-0.15, -0.1) is 0 Å². The van der Waals surface area contributed by atoms with Gasteiger partial charge in [0, 0.05) is 0 Å². The zero-order chi connectivity index (χ0) is 7.40. The molecule has 0 amide bonds. The summed E-state index contributed by atoms with van der Waals surface area (Å²) in [5, 5.41) is 0.